The van der Waals surface area contributed by atoms with Crippen LogP contribution in [0.5, 0.6) is 0 Å². The standard InChI is InChI=1S/C23H21NO5/c1-15-5-9-17(10-6-15)21(26)22(18-11-7-16(2)8-12-18)29-20(25)14-24-23(27)19-4-3-13-28-19/h3-13,22H,14H2,1-2H3,(H,24,27)/t22-/m1/s1. The van der Waals surface area contributed by atoms with Crippen molar-refractivity contribution in [1.82, 2.24) is 5.32 Å². The number of esters is 1. The Kier molecular flexibility index (Phi) is 6.24. The van der Waals surface area contributed by atoms with Crippen molar-refractivity contribution in [2.24, 2.45) is 0 Å². The molecule has 0 aliphatic heterocycles. The first-order valence-corrected chi connectivity index (χ1v) is 9.12. The third kappa shape index (κ3) is 5.19. The van der Waals surface area contributed by atoms with Crippen molar-refractivity contribution in [2.75, 3.05) is 6.54 Å². The van der Waals surface area contributed by atoms with E-state index in [1.54, 1.807) is 30.3 Å². The molecule has 0 fully saturated rings. The van der Waals surface area contributed by atoms with Gasteiger partial charge in [-0.3, -0.25) is 14.4 Å². The minimum atomic E-state index is -1.11. The number of carbonyl (C=O) groups excluding carboxylic acids is 3. The van der Waals surface area contributed by atoms with Crippen LogP contribution in [0.2, 0.25) is 0 Å². The lowest BCUT2D eigenvalue weighted by Gasteiger charge is -2.18. The Bertz CT molecular complexity index is 989. The summed E-state index contributed by atoms with van der Waals surface area (Å²) >= 11 is 0. The van der Waals surface area contributed by atoms with Crippen molar-refractivity contribution >= 4 is 17.7 Å². The van der Waals surface area contributed by atoms with Gasteiger partial charge >= 0.3 is 5.97 Å². The zero-order valence-corrected chi connectivity index (χ0v) is 16.2. The van der Waals surface area contributed by atoms with E-state index in [0.29, 0.717) is 11.1 Å². The van der Waals surface area contributed by atoms with Crippen molar-refractivity contribution in [2.45, 2.75) is 20.0 Å². The van der Waals surface area contributed by atoms with Gasteiger partial charge in [-0.05, 0) is 26.0 Å². The molecule has 2 aromatic carbocycles. The third-order valence-corrected chi connectivity index (χ3v) is 4.34. The predicted octanol–water partition coefficient (Wildman–Crippen LogP) is 3.79. The number of carbonyl (C=O) groups is 3. The van der Waals surface area contributed by atoms with Gasteiger partial charge < -0.3 is 14.5 Å². The molecule has 0 radical (unpaired) electrons. The third-order valence-electron chi connectivity index (χ3n) is 4.34. The van der Waals surface area contributed by atoms with E-state index in [9.17, 15) is 14.4 Å². The Morgan fingerprint density at radius 3 is 2.14 bits per heavy atom. The van der Waals surface area contributed by atoms with E-state index in [0.717, 1.165) is 11.1 Å². The molecule has 0 spiro atoms. The highest BCUT2D eigenvalue weighted by Crippen LogP contribution is 2.23. The topological polar surface area (TPSA) is 85.6 Å². The molecule has 6 heteroatoms. The fraction of sp³-hybridized carbons (Fsp3) is 0.174. The van der Waals surface area contributed by atoms with Gasteiger partial charge in [0.15, 0.2) is 11.9 Å². The molecule has 0 unspecified atom stereocenters. The van der Waals surface area contributed by atoms with Crippen LogP contribution in [0.1, 0.15) is 43.7 Å². The molecule has 0 saturated carbocycles. The van der Waals surface area contributed by atoms with Gasteiger partial charge in [-0.25, -0.2) is 0 Å². The van der Waals surface area contributed by atoms with Crippen molar-refractivity contribution < 1.29 is 23.5 Å². The van der Waals surface area contributed by atoms with Crippen molar-refractivity contribution in [1.29, 1.82) is 0 Å². The maximum atomic E-state index is 13.0. The number of ketones is 1. The first-order chi connectivity index (χ1) is 13.9. The fourth-order valence-electron chi connectivity index (χ4n) is 2.70. The van der Waals surface area contributed by atoms with E-state index in [1.165, 1.54) is 12.3 Å². The summed E-state index contributed by atoms with van der Waals surface area (Å²) in [6.07, 6.45) is 0.257. The lowest BCUT2D eigenvalue weighted by molar-refractivity contribution is -0.146. The zero-order chi connectivity index (χ0) is 20.8. The highest BCUT2D eigenvalue weighted by Gasteiger charge is 2.26. The van der Waals surface area contributed by atoms with Gasteiger partial charge in [0.05, 0.1) is 6.26 Å². The lowest BCUT2D eigenvalue weighted by Crippen LogP contribution is -2.32. The lowest BCUT2D eigenvalue weighted by atomic mass is 9.98. The number of hydrogen-bond acceptors (Lipinski definition) is 5. The van der Waals surface area contributed by atoms with Crippen LogP contribution in [-0.4, -0.2) is 24.2 Å². The molecule has 3 aromatic rings. The number of amides is 1. The van der Waals surface area contributed by atoms with Gasteiger partial charge in [-0.1, -0.05) is 59.7 Å². The number of ether oxygens (including phenoxy) is 1. The van der Waals surface area contributed by atoms with E-state index in [1.807, 2.05) is 38.1 Å². The molecule has 0 bridgehead atoms. The van der Waals surface area contributed by atoms with Crippen molar-refractivity contribution in [3.63, 3.8) is 0 Å². The fourth-order valence-corrected chi connectivity index (χ4v) is 2.70. The van der Waals surface area contributed by atoms with Crippen LogP contribution >= 0.6 is 0 Å². The second-order valence-corrected chi connectivity index (χ2v) is 6.67. The zero-order valence-electron chi connectivity index (χ0n) is 16.2. The average Bonchev–Trinajstić information content (AvgIpc) is 3.26. The predicted molar refractivity (Wildman–Crippen MR) is 107 cm³/mol. The SMILES string of the molecule is Cc1ccc(C(=O)[C@H](OC(=O)CNC(=O)c2ccco2)c2ccc(C)cc2)cc1. The monoisotopic (exact) mass is 391 g/mol. The van der Waals surface area contributed by atoms with E-state index < -0.39 is 18.0 Å². The Balaban J connectivity index is 1.74. The molecule has 3 rings (SSSR count). The number of nitrogens with one attached hydrogen (secondary N) is 1. The largest absolute Gasteiger partial charge is 0.459 e. The Hall–Kier alpha value is -3.67. The Morgan fingerprint density at radius 2 is 1.55 bits per heavy atom. The summed E-state index contributed by atoms with van der Waals surface area (Å²) < 4.78 is 10.4. The van der Waals surface area contributed by atoms with Crippen LogP contribution in [0.15, 0.2) is 71.3 Å². The number of benzene rings is 2. The van der Waals surface area contributed by atoms with Gasteiger partial charge in [0.2, 0.25) is 5.78 Å². The summed E-state index contributed by atoms with van der Waals surface area (Å²) in [7, 11) is 0. The molecule has 148 valence electrons. The van der Waals surface area contributed by atoms with E-state index >= 15 is 0 Å². The molecule has 0 aliphatic carbocycles. The van der Waals surface area contributed by atoms with E-state index in [-0.39, 0.29) is 18.1 Å². The Labute approximate surface area is 168 Å². The van der Waals surface area contributed by atoms with Crippen LogP contribution < -0.4 is 5.32 Å². The average molecular weight is 391 g/mol. The quantitative estimate of drug-likeness (QED) is 0.489. The van der Waals surface area contributed by atoms with Gasteiger partial charge in [0.1, 0.15) is 6.54 Å². The summed E-state index contributed by atoms with van der Waals surface area (Å²) in [5, 5.41) is 2.42. The molecule has 0 saturated heterocycles. The van der Waals surface area contributed by atoms with Gasteiger partial charge in [0, 0.05) is 11.1 Å². The summed E-state index contributed by atoms with van der Waals surface area (Å²) in [6.45, 7) is 3.47. The Morgan fingerprint density at radius 1 is 0.931 bits per heavy atom. The minimum Gasteiger partial charge on any atom is -0.459 e. The molecular formula is C23H21NO5. The number of rotatable bonds is 7. The molecule has 0 aliphatic rings. The molecular weight excluding hydrogens is 370 g/mol. The van der Waals surface area contributed by atoms with Gasteiger partial charge in [-0.2, -0.15) is 0 Å². The highest BCUT2D eigenvalue weighted by atomic mass is 16.5. The summed E-state index contributed by atoms with van der Waals surface area (Å²) in [5.41, 5.74) is 3.04. The number of furan rings is 1. The van der Waals surface area contributed by atoms with Crippen LogP contribution in [0.3, 0.4) is 0 Å². The van der Waals surface area contributed by atoms with E-state index in [4.69, 9.17) is 9.15 Å². The molecule has 1 heterocycles. The second-order valence-electron chi connectivity index (χ2n) is 6.67. The van der Waals surface area contributed by atoms with Crippen molar-refractivity contribution in [3.8, 4) is 0 Å². The van der Waals surface area contributed by atoms with Crippen molar-refractivity contribution in [3.05, 3.63) is 94.9 Å². The number of hydrogen-bond donors (Lipinski definition) is 1. The molecule has 1 amide bonds. The summed E-state index contributed by atoms with van der Waals surface area (Å²) in [5.74, 6) is -1.51. The summed E-state index contributed by atoms with van der Waals surface area (Å²) in [4.78, 5) is 37.3. The van der Waals surface area contributed by atoms with Gasteiger partial charge in [-0.15, -0.1) is 0 Å². The molecule has 1 aromatic heterocycles. The minimum absolute atomic E-state index is 0.0867. The molecule has 6 nitrogen and oxygen atoms in total. The smallest absolute Gasteiger partial charge is 0.326 e. The first-order valence-electron chi connectivity index (χ1n) is 9.12. The molecule has 1 atom stereocenters. The summed E-state index contributed by atoms with van der Waals surface area (Å²) in [6, 6.07) is 17.3. The van der Waals surface area contributed by atoms with Gasteiger partial charge in [0.25, 0.3) is 5.91 Å². The first kappa shape index (κ1) is 20.1. The second kappa shape index (κ2) is 9.01. The normalized spacial score (nSPS) is 11.5. The molecule has 29 heavy (non-hydrogen) atoms. The van der Waals surface area contributed by atoms with Crippen LogP contribution in [0.25, 0.3) is 0 Å². The highest BCUT2D eigenvalue weighted by molar-refractivity contribution is 6.01. The number of Topliss-reactive ketones (excluding diaryl/α,β-unsaturated/α-hetero) is 1. The maximum absolute atomic E-state index is 13.0. The van der Waals surface area contributed by atoms with Crippen LogP contribution in [-0.2, 0) is 9.53 Å². The van der Waals surface area contributed by atoms with Crippen LogP contribution in [0.4, 0.5) is 0 Å². The van der Waals surface area contributed by atoms with Crippen LogP contribution in [0, 0.1) is 13.8 Å². The number of aryl methyl sites for hydroxylation is 2. The molecule has 1 N–H and O–H groups in total. The maximum Gasteiger partial charge on any atom is 0.326 e. The van der Waals surface area contributed by atoms with E-state index in [2.05, 4.69) is 5.32 Å².